The number of aromatic nitrogens is 4. The average Bonchev–Trinajstić information content (AvgIpc) is 3.22. The molecule has 0 N–H and O–H groups in total. The van der Waals surface area contributed by atoms with E-state index in [1.807, 2.05) is 48.5 Å². The molecule has 0 bridgehead atoms. The summed E-state index contributed by atoms with van der Waals surface area (Å²) in [6.45, 7) is 0. The van der Waals surface area contributed by atoms with Crippen LogP contribution in [0.25, 0.3) is 26.9 Å². The Kier molecular flexibility index (Phi) is 3.62. The fourth-order valence-corrected chi connectivity index (χ4v) is 3.41. The van der Waals surface area contributed by atoms with Crippen molar-refractivity contribution in [2.45, 2.75) is 0 Å². The number of hydrogen-bond donors (Lipinski definition) is 0. The second-order valence-electron chi connectivity index (χ2n) is 5.03. The minimum atomic E-state index is 0.659. The van der Waals surface area contributed by atoms with Crippen molar-refractivity contribution in [3.63, 3.8) is 0 Å². The Morgan fingerprint density at radius 1 is 0.917 bits per heavy atom. The van der Waals surface area contributed by atoms with Crippen molar-refractivity contribution < 1.29 is 9.47 Å². The van der Waals surface area contributed by atoms with Crippen LogP contribution in [0.1, 0.15) is 0 Å². The Balaban J connectivity index is 1.87. The summed E-state index contributed by atoms with van der Waals surface area (Å²) in [6.07, 6.45) is 0. The van der Waals surface area contributed by atoms with Crippen molar-refractivity contribution >= 4 is 16.3 Å². The second kappa shape index (κ2) is 5.93. The first-order chi connectivity index (χ1) is 11.8. The summed E-state index contributed by atoms with van der Waals surface area (Å²) in [5.74, 6) is 2.05. The molecule has 7 heteroatoms. The van der Waals surface area contributed by atoms with Gasteiger partial charge in [0.25, 0.3) is 0 Å². The molecular weight excluding hydrogens is 324 g/mol. The summed E-state index contributed by atoms with van der Waals surface area (Å²) in [5, 5.41) is 14.0. The molecule has 0 atom stereocenters. The normalized spacial score (nSPS) is 10.9. The van der Waals surface area contributed by atoms with E-state index in [1.54, 1.807) is 18.7 Å². The maximum atomic E-state index is 5.51. The molecule has 0 saturated carbocycles. The zero-order valence-corrected chi connectivity index (χ0v) is 13.9. The molecule has 0 unspecified atom stereocenters. The number of ether oxygens (including phenoxy) is 2. The van der Waals surface area contributed by atoms with Crippen molar-refractivity contribution in [3.05, 3.63) is 48.5 Å². The first-order valence-electron chi connectivity index (χ1n) is 7.31. The largest absolute Gasteiger partial charge is 0.493 e. The number of methoxy groups -OCH3 is 2. The van der Waals surface area contributed by atoms with Crippen molar-refractivity contribution in [3.8, 4) is 33.5 Å². The van der Waals surface area contributed by atoms with Gasteiger partial charge in [0.15, 0.2) is 22.3 Å². The number of hydrogen-bond acceptors (Lipinski definition) is 6. The van der Waals surface area contributed by atoms with Crippen LogP contribution in [0.5, 0.6) is 11.5 Å². The van der Waals surface area contributed by atoms with Crippen molar-refractivity contribution in [2.75, 3.05) is 14.2 Å². The first-order valence-corrected chi connectivity index (χ1v) is 8.12. The lowest BCUT2D eigenvalue weighted by Crippen LogP contribution is -1.94. The molecule has 0 spiro atoms. The van der Waals surface area contributed by atoms with E-state index in [9.17, 15) is 0 Å². The zero-order chi connectivity index (χ0) is 16.5. The topological polar surface area (TPSA) is 61.5 Å². The van der Waals surface area contributed by atoms with E-state index in [2.05, 4.69) is 15.3 Å². The smallest absolute Gasteiger partial charge is 0.235 e. The van der Waals surface area contributed by atoms with Gasteiger partial charge < -0.3 is 9.47 Å². The van der Waals surface area contributed by atoms with Crippen LogP contribution in [0.4, 0.5) is 0 Å². The van der Waals surface area contributed by atoms with Gasteiger partial charge in [0.05, 0.1) is 19.8 Å². The van der Waals surface area contributed by atoms with E-state index in [4.69, 9.17) is 9.47 Å². The Bertz CT molecular complexity index is 994. The van der Waals surface area contributed by atoms with Gasteiger partial charge in [-0.05, 0) is 12.1 Å². The van der Waals surface area contributed by atoms with Gasteiger partial charge in [-0.1, -0.05) is 47.7 Å². The monoisotopic (exact) mass is 338 g/mol. The average molecular weight is 338 g/mol. The second-order valence-corrected chi connectivity index (χ2v) is 5.99. The maximum Gasteiger partial charge on any atom is 0.235 e. The number of benzene rings is 2. The molecule has 120 valence electrons. The van der Waals surface area contributed by atoms with Crippen molar-refractivity contribution in [1.82, 2.24) is 19.8 Å². The van der Waals surface area contributed by atoms with Crippen LogP contribution in [0.3, 0.4) is 0 Å². The summed E-state index contributed by atoms with van der Waals surface area (Å²) in [5.41, 5.74) is 1.84. The minimum Gasteiger partial charge on any atom is -0.493 e. The molecule has 0 saturated heterocycles. The molecule has 0 aliphatic heterocycles. The molecule has 24 heavy (non-hydrogen) atoms. The molecule has 2 aromatic carbocycles. The summed E-state index contributed by atoms with van der Waals surface area (Å²) >= 11 is 1.46. The summed E-state index contributed by atoms with van der Waals surface area (Å²) in [4.78, 5) is 0.730. The van der Waals surface area contributed by atoms with Gasteiger partial charge in [0, 0.05) is 5.56 Å². The highest BCUT2D eigenvalue weighted by Gasteiger charge is 2.18. The Morgan fingerprint density at radius 2 is 1.75 bits per heavy atom. The summed E-state index contributed by atoms with van der Waals surface area (Å²) in [7, 11) is 3.24. The third-order valence-electron chi connectivity index (χ3n) is 3.66. The van der Waals surface area contributed by atoms with Crippen LogP contribution < -0.4 is 9.47 Å². The molecule has 4 aromatic rings. The molecular formula is C17H14N4O2S. The fourth-order valence-electron chi connectivity index (χ4n) is 2.55. The SMILES string of the molecule is COc1cccc(-c2nn3c(-c4ccccc4)nnc3s2)c1OC. The lowest BCUT2D eigenvalue weighted by Gasteiger charge is -2.10. The predicted molar refractivity (Wildman–Crippen MR) is 92.6 cm³/mol. The van der Waals surface area contributed by atoms with Gasteiger partial charge >= 0.3 is 0 Å². The van der Waals surface area contributed by atoms with Gasteiger partial charge in [0.1, 0.15) is 0 Å². The van der Waals surface area contributed by atoms with Crippen molar-refractivity contribution in [2.24, 2.45) is 0 Å². The van der Waals surface area contributed by atoms with Gasteiger partial charge in [0.2, 0.25) is 4.96 Å². The third kappa shape index (κ3) is 2.30. The molecule has 2 heterocycles. The van der Waals surface area contributed by atoms with Gasteiger partial charge in [-0.15, -0.1) is 10.2 Å². The molecule has 0 aliphatic rings. The van der Waals surface area contributed by atoms with Crippen LogP contribution in [-0.2, 0) is 0 Å². The van der Waals surface area contributed by atoms with E-state index >= 15 is 0 Å². The van der Waals surface area contributed by atoms with E-state index < -0.39 is 0 Å². The van der Waals surface area contributed by atoms with Crippen LogP contribution in [0.15, 0.2) is 48.5 Å². The van der Waals surface area contributed by atoms with E-state index in [-0.39, 0.29) is 0 Å². The molecule has 0 amide bonds. The Morgan fingerprint density at radius 3 is 2.50 bits per heavy atom. The van der Waals surface area contributed by atoms with Gasteiger partial charge in [-0.2, -0.15) is 9.61 Å². The molecule has 0 fully saturated rings. The number of nitrogens with zero attached hydrogens (tertiary/aromatic N) is 4. The maximum absolute atomic E-state index is 5.51. The standard InChI is InChI=1S/C17H14N4O2S/c1-22-13-10-6-9-12(14(13)23-2)16-20-21-15(18-19-17(21)24-16)11-7-4-3-5-8-11/h3-10H,1-2H3. The van der Waals surface area contributed by atoms with Crippen LogP contribution in [0, 0.1) is 0 Å². The summed E-state index contributed by atoms with van der Waals surface area (Å²) in [6, 6.07) is 15.6. The fraction of sp³-hybridized carbons (Fsp3) is 0.118. The molecule has 6 nitrogen and oxygen atoms in total. The van der Waals surface area contributed by atoms with Crippen LogP contribution in [0.2, 0.25) is 0 Å². The Labute approximate surface area is 142 Å². The van der Waals surface area contributed by atoms with Crippen LogP contribution >= 0.6 is 11.3 Å². The minimum absolute atomic E-state index is 0.659. The summed E-state index contributed by atoms with van der Waals surface area (Å²) < 4.78 is 12.6. The lowest BCUT2D eigenvalue weighted by molar-refractivity contribution is 0.356. The third-order valence-corrected chi connectivity index (χ3v) is 4.59. The number of rotatable bonds is 4. The van der Waals surface area contributed by atoms with Gasteiger partial charge in [-0.25, -0.2) is 0 Å². The highest BCUT2D eigenvalue weighted by Crippen LogP contribution is 2.39. The van der Waals surface area contributed by atoms with E-state index in [0.717, 1.165) is 26.9 Å². The van der Waals surface area contributed by atoms with Crippen molar-refractivity contribution in [1.29, 1.82) is 0 Å². The first kappa shape index (κ1) is 14.6. The highest BCUT2D eigenvalue weighted by molar-refractivity contribution is 7.19. The van der Waals surface area contributed by atoms with Gasteiger partial charge in [-0.3, -0.25) is 0 Å². The molecule has 0 aliphatic carbocycles. The Hall–Kier alpha value is -2.93. The molecule has 2 aromatic heterocycles. The lowest BCUT2D eigenvalue weighted by atomic mass is 10.2. The van der Waals surface area contributed by atoms with E-state index in [0.29, 0.717) is 11.5 Å². The number of fused-ring (bicyclic) bond motifs is 1. The molecule has 4 rings (SSSR count). The predicted octanol–water partition coefficient (Wildman–Crippen LogP) is 3.54. The quantitative estimate of drug-likeness (QED) is 0.569. The zero-order valence-electron chi connectivity index (χ0n) is 13.1. The number of para-hydroxylation sites is 1. The highest BCUT2D eigenvalue weighted by atomic mass is 32.1. The van der Waals surface area contributed by atoms with Crippen LogP contribution in [-0.4, -0.2) is 34.0 Å². The molecule has 0 radical (unpaired) electrons. The van der Waals surface area contributed by atoms with E-state index in [1.165, 1.54) is 11.3 Å².